The molecular formula is C15H20ClNO4S. The maximum absolute atomic E-state index is 12.0. The van der Waals surface area contributed by atoms with Gasteiger partial charge in [-0.1, -0.05) is 11.6 Å². The Morgan fingerprint density at radius 3 is 2.55 bits per heavy atom. The lowest BCUT2D eigenvalue weighted by Gasteiger charge is -2.28. The SMILES string of the molecule is COCC(C)(CC(=O)O)NC(=O)CCSc1ccc(Cl)cc1. The van der Waals surface area contributed by atoms with Crippen LogP contribution in [0.4, 0.5) is 0 Å². The molecule has 122 valence electrons. The third-order valence-electron chi connectivity index (χ3n) is 2.86. The number of hydrogen-bond donors (Lipinski definition) is 2. The van der Waals surface area contributed by atoms with E-state index in [4.69, 9.17) is 21.4 Å². The van der Waals surface area contributed by atoms with E-state index in [1.807, 2.05) is 12.1 Å². The zero-order chi connectivity index (χ0) is 16.6. The minimum atomic E-state index is -0.976. The third kappa shape index (κ3) is 7.15. The van der Waals surface area contributed by atoms with Gasteiger partial charge in [-0.2, -0.15) is 0 Å². The molecule has 0 heterocycles. The number of ether oxygens (including phenoxy) is 1. The number of methoxy groups -OCH3 is 1. The van der Waals surface area contributed by atoms with E-state index in [0.29, 0.717) is 17.2 Å². The second-order valence-electron chi connectivity index (χ2n) is 5.16. The summed E-state index contributed by atoms with van der Waals surface area (Å²) in [5.74, 6) is -0.568. The molecule has 1 rings (SSSR count). The van der Waals surface area contributed by atoms with E-state index < -0.39 is 11.5 Å². The first-order valence-corrected chi connectivity index (χ1v) is 8.11. The van der Waals surface area contributed by atoms with Crippen molar-refractivity contribution in [2.45, 2.75) is 30.2 Å². The number of carbonyl (C=O) groups is 2. The van der Waals surface area contributed by atoms with Crippen LogP contribution in [0.25, 0.3) is 0 Å². The van der Waals surface area contributed by atoms with Gasteiger partial charge in [0.1, 0.15) is 0 Å². The molecule has 1 aromatic carbocycles. The Morgan fingerprint density at radius 1 is 1.36 bits per heavy atom. The van der Waals surface area contributed by atoms with Crippen molar-refractivity contribution in [3.05, 3.63) is 29.3 Å². The highest BCUT2D eigenvalue weighted by Gasteiger charge is 2.29. The van der Waals surface area contributed by atoms with Crippen molar-refractivity contribution in [2.24, 2.45) is 0 Å². The second kappa shape index (κ2) is 9.02. The van der Waals surface area contributed by atoms with Gasteiger partial charge in [0.15, 0.2) is 0 Å². The number of halogens is 1. The van der Waals surface area contributed by atoms with E-state index in [1.165, 1.54) is 7.11 Å². The molecule has 0 aromatic heterocycles. The number of carboxylic acids is 1. The zero-order valence-electron chi connectivity index (χ0n) is 12.6. The normalized spacial score (nSPS) is 13.4. The molecule has 0 aliphatic carbocycles. The van der Waals surface area contributed by atoms with E-state index in [0.717, 1.165) is 4.90 Å². The lowest BCUT2D eigenvalue weighted by Crippen LogP contribution is -2.50. The summed E-state index contributed by atoms with van der Waals surface area (Å²) in [5.41, 5.74) is -0.900. The Kier molecular flexibility index (Phi) is 7.72. The number of carboxylic acid groups (broad SMARTS) is 1. The molecule has 0 bridgehead atoms. The van der Waals surface area contributed by atoms with Crippen LogP contribution in [0.2, 0.25) is 5.02 Å². The van der Waals surface area contributed by atoms with Crippen LogP contribution in [0, 0.1) is 0 Å². The number of carbonyl (C=O) groups excluding carboxylic acids is 1. The number of nitrogens with one attached hydrogen (secondary N) is 1. The van der Waals surface area contributed by atoms with Gasteiger partial charge < -0.3 is 15.2 Å². The van der Waals surface area contributed by atoms with E-state index >= 15 is 0 Å². The van der Waals surface area contributed by atoms with E-state index in [9.17, 15) is 9.59 Å². The summed E-state index contributed by atoms with van der Waals surface area (Å²) < 4.78 is 5.00. The van der Waals surface area contributed by atoms with Gasteiger partial charge in [0.2, 0.25) is 5.91 Å². The van der Waals surface area contributed by atoms with Crippen molar-refractivity contribution < 1.29 is 19.4 Å². The summed E-state index contributed by atoms with van der Waals surface area (Å²) in [6, 6.07) is 7.38. The molecule has 0 saturated carbocycles. The standard InChI is InChI=1S/C15H20ClNO4S/c1-15(10-21-2,9-14(19)20)17-13(18)7-8-22-12-5-3-11(16)4-6-12/h3-6H,7-10H2,1-2H3,(H,17,18)(H,19,20). The highest BCUT2D eigenvalue weighted by molar-refractivity contribution is 7.99. The van der Waals surface area contributed by atoms with Crippen LogP contribution < -0.4 is 5.32 Å². The number of hydrogen-bond acceptors (Lipinski definition) is 4. The average Bonchev–Trinajstić information content (AvgIpc) is 2.39. The van der Waals surface area contributed by atoms with E-state index in [1.54, 1.807) is 30.8 Å². The molecule has 0 spiro atoms. The first kappa shape index (κ1) is 18.8. The molecule has 22 heavy (non-hydrogen) atoms. The summed E-state index contributed by atoms with van der Waals surface area (Å²) in [4.78, 5) is 23.9. The lowest BCUT2D eigenvalue weighted by atomic mass is 9.99. The molecule has 5 nitrogen and oxygen atoms in total. The van der Waals surface area contributed by atoms with Gasteiger partial charge in [0.05, 0.1) is 18.6 Å². The van der Waals surface area contributed by atoms with Crippen molar-refractivity contribution in [1.82, 2.24) is 5.32 Å². The van der Waals surface area contributed by atoms with Gasteiger partial charge in [0, 0.05) is 29.2 Å². The fourth-order valence-corrected chi connectivity index (χ4v) is 2.95. The quantitative estimate of drug-likeness (QED) is 0.673. The van der Waals surface area contributed by atoms with Gasteiger partial charge in [-0.25, -0.2) is 0 Å². The van der Waals surface area contributed by atoms with Crippen LogP contribution in [0.1, 0.15) is 19.8 Å². The fraction of sp³-hybridized carbons (Fsp3) is 0.467. The van der Waals surface area contributed by atoms with Gasteiger partial charge in [0.25, 0.3) is 0 Å². The van der Waals surface area contributed by atoms with E-state index in [2.05, 4.69) is 5.32 Å². The number of rotatable bonds is 9. The summed E-state index contributed by atoms with van der Waals surface area (Å²) in [6.07, 6.45) is 0.114. The number of aliphatic carboxylic acids is 1. The van der Waals surface area contributed by atoms with Crippen LogP contribution in [-0.4, -0.2) is 42.0 Å². The molecule has 0 aliphatic rings. The maximum Gasteiger partial charge on any atom is 0.305 e. The average molecular weight is 346 g/mol. The Hall–Kier alpha value is -1.24. The lowest BCUT2D eigenvalue weighted by molar-refractivity contribution is -0.139. The van der Waals surface area contributed by atoms with Gasteiger partial charge in [-0.3, -0.25) is 9.59 Å². The molecule has 1 aromatic rings. The predicted octanol–water partition coefficient (Wildman–Crippen LogP) is 2.82. The van der Waals surface area contributed by atoms with Crippen molar-refractivity contribution in [3.63, 3.8) is 0 Å². The minimum Gasteiger partial charge on any atom is -0.481 e. The first-order chi connectivity index (χ1) is 10.3. The van der Waals surface area contributed by atoms with Crippen LogP contribution in [-0.2, 0) is 14.3 Å². The predicted molar refractivity (Wildman–Crippen MR) is 87.5 cm³/mol. The summed E-state index contributed by atoms with van der Waals surface area (Å²) >= 11 is 7.35. The summed E-state index contributed by atoms with van der Waals surface area (Å²) in [7, 11) is 1.47. The topological polar surface area (TPSA) is 75.6 Å². The first-order valence-electron chi connectivity index (χ1n) is 6.75. The van der Waals surface area contributed by atoms with E-state index in [-0.39, 0.29) is 18.9 Å². The second-order valence-corrected chi connectivity index (χ2v) is 6.77. The van der Waals surface area contributed by atoms with Gasteiger partial charge in [-0.05, 0) is 31.2 Å². The molecule has 0 fully saturated rings. The number of amides is 1. The molecule has 7 heteroatoms. The monoisotopic (exact) mass is 345 g/mol. The fourth-order valence-electron chi connectivity index (χ4n) is 1.98. The van der Waals surface area contributed by atoms with Crippen LogP contribution in [0.5, 0.6) is 0 Å². The number of benzene rings is 1. The number of thioether (sulfide) groups is 1. The smallest absolute Gasteiger partial charge is 0.305 e. The molecule has 1 unspecified atom stereocenters. The molecular weight excluding hydrogens is 326 g/mol. The molecule has 0 saturated heterocycles. The van der Waals surface area contributed by atoms with Crippen LogP contribution in [0.15, 0.2) is 29.2 Å². The Labute approximate surface area is 139 Å². The Morgan fingerprint density at radius 2 is 2.00 bits per heavy atom. The molecule has 1 atom stereocenters. The minimum absolute atomic E-state index is 0.148. The van der Waals surface area contributed by atoms with Crippen molar-refractivity contribution in [1.29, 1.82) is 0 Å². The molecule has 2 N–H and O–H groups in total. The maximum atomic E-state index is 12.0. The highest BCUT2D eigenvalue weighted by atomic mass is 35.5. The molecule has 0 radical (unpaired) electrons. The van der Waals surface area contributed by atoms with Crippen molar-refractivity contribution >= 4 is 35.2 Å². The van der Waals surface area contributed by atoms with Crippen LogP contribution in [0.3, 0.4) is 0 Å². The Bertz CT molecular complexity index is 509. The van der Waals surface area contributed by atoms with Gasteiger partial charge >= 0.3 is 5.97 Å². The van der Waals surface area contributed by atoms with Crippen molar-refractivity contribution in [2.75, 3.05) is 19.5 Å². The zero-order valence-corrected chi connectivity index (χ0v) is 14.2. The molecule has 1 amide bonds. The summed E-state index contributed by atoms with van der Waals surface area (Å²) in [5, 5.41) is 12.3. The molecule has 0 aliphatic heterocycles. The third-order valence-corrected chi connectivity index (χ3v) is 4.12. The summed E-state index contributed by atoms with van der Waals surface area (Å²) in [6.45, 7) is 1.81. The largest absolute Gasteiger partial charge is 0.481 e. The Balaban J connectivity index is 2.43. The highest BCUT2D eigenvalue weighted by Crippen LogP contribution is 2.21. The van der Waals surface area contributed by atoms with Gasteiger partial charge in [-0.15, -0.1) is 11.8 Å². The van der Waals surface area contributed by atoms with Crippen LogP contribution >= 0.6 is 23.4 Å². The van der Waals surface area contributed by atoms with Crippen molar-refractivity contribution in [3.8, 4) is 0 Å².